The van der Waals surface area contributed by atoms with Crippen LogP contribution < -0.4 is 5.32 Å². The maximum Gasteiger partial charge on any atom is 0.118 e. The van der Waals surface area contributed by atoms with Gasteiger partial charge >= 0.3 is 0 Å². The zero-order valence-corrected chi connectivity index (χ0v) is 12.8. The molecule has 0 aliphatic rings. The van der Waals surface area contributed by atoms with E-state index in [0.29, 0.717) is 30.9 Å². The number of aryl methyl sites for hydroxylation is 1. The van der Waals surface area contributed by atoms with Gasteiger partial charge in [0.05, 0.1) is 13.2 Å². The Balaban J connectivity index is 2.59. The molecule has 0 fully saturated rings. The fourth-order valence-electron chi connectivity index (χ4n) is 2.04. The highest BCUT2D eigenvalue weighted by Gasteiger charge is 2.10. The molecule has 1 aromatic carbocycles. The third kappa shape index (κ3) is 5.21. The van der Waals surface area contributed by atoms with Gasteiger partial charge in [-0.15, -0.1) is 0 Å². The van der Waals surface area contributed by atoms with E-state index in [1.54, 1.807) is 0 Å². The highest BCUT2D eigenvalue weighted by atomic mass is 16.5. The smallest absolute Gasteiger partial charge is 0.118 e. The number of ether oxygens (including phenoxy) is 1. The van der Waals surface area contributed by atoms with Crippen molar-refractivity contribution in [2.24, 2.45) is 0 Å². The van der Waals surface area contributed by atoms with E-state index in [0.717, 1.165) is 12.1 Å². The minimum absolute atomic E-state index is 0.369. The highest BCUT2D eigenvalue weighted by Crippen LogP contribution is 2.27. The number of hydrogen-bond acceptors (Lipinski definition) is 3. The molecule has 0 aliphatic heterocycles. The fourth-order valence-corrected chi connectivity index (χ4v) is 2.04. The van der Waals surface area contributed by atoms with Crippen molar-refractivity contribution in [2.45, 2.75) is 53.2 Å². The predicted octanol–water partition coefficient (Wildman–Crippen LogP) is 3.34. The molecule has 108 valence electrons. The van der Waals surface area contributed by atoms with Gasteiger partial charge in [0, 0.05) is 12.6 Å². The largest absolute Gasteiger partial charge is 0.508 e. The van der Waals surface area contributed by atoms with Crippen LogP contribution in [0.15, 0.2) is 12.1 Å². The molecule has 0 amide bonds. The molecule has 0 heterocycles. The first kappa shape index (κ1) is 16.0. The first-order valence-electron chi connectivity index (χ1n) is 7.05. The third-order valence-electron chi connectivity index (χ3n) is 3.14. The first-order valence-corrected chi connectivity index (χ1v) is 7.05. The Morgan fingerprint density at radius 1 is 1.21 bits per heavy atom. The van der Waals surface area contributed by atoms with Crippen LogP contribution in [0.4, 0.5) is 0 Å². The van der Waals surface area contributed by atoms with Crippen molar-refractivity contribution in [3.05, 3.63) is 28.8 Å². The lowest BCUT2D eigenvalue weighted by molar-refractivity contribution is 0.120. The lowest BCUT2D eigenvalue weighted by Crippen LogP contribution is -2.26. The maximum atomic E-state index is 9.79. The molecule has 0 aliphatic carbocycles. The normalized spacial score (nSPS) is 11.5. The van der Waals surface area contributed by atoms with Gasteiger partial charge in [-0.05, 0) is 41.7 Å². The first-order chi connectivity index (χ1) is 8.91. The van der Waals surface area contributed by atoms with Crippen LogP contribution >= 0.6 is 0 Å². The van der Waals surface area contributed by atoms with E-state index in [4.69, 9.17) is 4.74 Å². The predicted molar refractivity (Wildman–Crippen MR) is 79.7 cm³/mol. The van der Waals surface area contributed by atoms with Crippen LogP contribution in [0.5, 0.6) is 5.75 Å². The van der Waals surface area contributed by atoms with Gasteiger partial charge in [-0.3, -0.25) is 0 Å². The summed E-state index contributed by atoms with van der Waals surface area (Å²) in [6.45, 7) is 12.6. The zero-order valence-electron chi connectivity index (χ0n) is 12.8. The molecule has 0 atom stereocenters. The van der Waals surface area contributed by atoms with Crippen LogP contribution in [0.1, 0.15) is 50.3 Å². The second-order valence-corrected chi connectivity index (χ2v) is 5.65. The van der Waals surface area contributed by atoms with E-state index >= 15 is 0 Å². The summed E-state index contributed by atoms with van der Waals surface area (Å²) in [4.78, 5) is 0. The van der Waals surface area contributed by atoms with E-state index in [1.807, 2.05) is 19.1 Å². The van der Waals surface area contributed by atoms with Crippen LogP contribution in [-0.4, -0.2) is 24.3 Å². The molecule has 0 unspecified atom stereocenters. The molecule has 0 radical (unpaired) electrons. The lowest BCUT2D eigenvalue weighted by atomic mass is 9.95. The summed E-state index contributed by atoms with van der Waals surface area (Å²) in [5, 5.41) is 13.1. The third-order valence-corrected chi connectivity index (χ3v) is 3.14. The van der Waals surface area contributed by atoms with Crippen LogP contribution in [0.3, 0.4) is 0 Å². The summed E-state index contributed by atoms with van der Waals surface area (Å²) >= 11 is 0. The number of hydrogen-bond donors (Lipinski definition) is 2. The Bertz CT molecular complexity index is 400. The summed E-state index contributed by atoms with van der Waals surface area (Å²) in [6, 6.07) is 4.39. The summed E-state index contributed by atoms with van der Waals surface area (Å²) in [7, 11) is 0. The monoisotopic (exact) mass is 265 g/mol. The fraction of sp³-hybridized carbons (Fsp3) is 0.625. The minimum Gasteiger partial charge on any atom is -0.508 e. The van der Waals surface area contributed by atoms with Crippen molar-refractivity contribution in [1.29, 1.82) is 0 Å². The number of benzene rings is 1. The van der Waals surface area contributed by atoms with E-state index in [-0.39, 0.29) is 0 Å². The van der Waals surface area contributed by atoms with Crippen molar-refractivity contribution in [1.82, 2.24) is 5.32 Å². The molecule has 0 bridgehead atoms. The molecule has 2 N–H and O–H groups in total. The molecule has 1 aromatic rings. The van der Waals surface area contributed by atoms with Gasteiger partial charge in [-0.1, -0.05) is 27.7 Å². The molecule has 0 spiro atoms. The summed E-state index contributed by atoms with van der Waals surface area (Å²) in [6.07, 6.45) is 0. The van der Waals surface area contributed by atoms with E-state index in [9.17, 15) is 5.11 Å². The number of phenolic OH excluding ortho intramolecular Hbond substituents is 1. The van der Waals surface area contributed by atoms with Gasteiger partial charge in [0.1, 0.15) is 5.75 Å². The summed E-state index contributed by atoms with van der Waals surface area (Å²) in [5.41, 5.74) is 3.25. The molecular formula is C16H27NO2. The van der Waals surface area contributed by atoms with Gasteiger partial charge < -0.3 is 15.2 Å². The Kier molecular flexibility index (Phi) is 6.32. The molecule has 1 rings (SSSR count). The van der Waals surface area contributed by atoms with Crippen LogP contribution in [0.25, 0.3) is 0 Å². The highest BCUT2D eigenvalue weighted by molar-refractivity contribution is 5.42. The molecule has 3 heteroatoms. The molecule has 0 saturated carbocycles. The van der Waals surface area contributed by atoms with Crippen molar-refractivity contribution in [3.8, 4) is 5.75 Å². The topological polar surface area (TPSA) is 41.5 Å². The second kappa shape index (κ2) is 7.51. The van der Waals surface area contributed by atoms with Crippen molar-refractivity contribution < 1.29 is 9.84 Å². The minimum atomic E-state index is 0.369. The molecule has 0 saturated heterocycles. The Morgan fingerprint density at radius 3 is 2.47 bits per heavy atom. The number of rotatable bonds is 7. The Labute approximate surface area is 117 Å². The average molecular weight is 265 g/mol. The van der Waals surface area contributed by atoms with Crippen LogP contribution in [0.2, 0.25) is 0 Å². The van der Waals surface area contributed by atoms with E-state index < -0.39 is 0 Å². The van der Waals surface area contributed by atoms with Crippen LogP contribution in [-0.2, 0) is 11.3 Å². The van der Waals surface area contributed by atoms with Gasteiger partial charge in [0.15, 0.2) is 0 Å². The lowest BCUT2D eigenvalue weighted by Gasteiger charge is -2.15. The summed E-state index contributed by atoms with van der Waals surface area (Å²) in [5.74, 6) is 0.757. The van der Waals surface area contributed by atoms with Gasteiger partial charge in [-0.2, -0.15) is 0 Å². The van der Waals surface area contributed by atoms with Gasteiger partial charge in [0.25, 0.3) is 0 Å². The van der Waals surface area contributed by atoms with Crippen LogP contribution in [0, 0.1) is 6.92 Å². The molecule has 19 heavy (non-hydrogen) atoms. The second-order valence-electron chi connectivity index (χ2n) is 5.65. The molecule has 3 nitrogen and oxygen atoms in total. The van der Waals surface area contributed by atoms with Crippen molar-refractivity contribution in [3.63, 3.8) is 0 Å². The number of phenols is 1. The Hall–Kier alpha value is -1.06. The maximum absolute atomic E-state index is 9.79. The average Bonchev–Trinajstić information content (AvgIpc) is 2.32. The number of aromatic hydroxyl groups is 1. The SMILES string of the molecule is Cc1cc(COCCNC(C)C)c(C(C)C)cc1O. The van der Waals surface area contributed by atoms with Crippen molar-refractivity contribution in [2.75, 3.05) is 13.2 Å². The Morgan fingerprint density at radius 2 is 1.89 bits per heavy atom. The number of nitrogens with one attached hydrogen (secondary N) is 1. The van der Waals surface area contributed by atoms with E-state index in [2.05, 4.69) is 33.0 Å². The van der Waals surface area contributed by atoms with E-state index in [1.165, 1.54) is 11.1 Å². The quantitative estimate of drug-likeness (QED) is 0.743. The zero-order chi connectivity index (χ0) is 14.4. The standard InChI is InChI=1S/C16H27NO2/c1-11(2)15-9-16(18)13(5)8-14(15)10-19-7-6-17-12(3)4/h8-9,11-12,17-18H,6-7,10H2,1-5H3. The molecule has 0 aromatic heterocycles. The van der Waals surface area contributed by atoms with Crippen molar-refractivity contribution >= 4 is 0 Å². The summed E-state index contributed by atoms with van der Waals surface area (Å²) < 4.78 is 5.71. The van der Waals surface area contributed by atoms with Gasteiger partial charge in [0.2, 0.25) is 0 Å². The van der Waals surface area contributed by atoms with Gasteiger partial charge in [-0.25, -0.2) is 0 Å². The molecular weight excluding hydrogens is 238 g/mol.